The van der Waals surface area contributed by atoms with Gasteiger partial charge in [-0.3, -0.25) is 9.59 Å². The molecule has 3 aromatic rings. The normalized spacial score (nSPS) is 17.3. The summed E-state index contributed by atoms with van der Waals surface area (Å²) in [5.74, 6) is 0.804. The van der Waals surface area contributed by atoms with Crippen LogP contribution in [0.1, 0.15) is 52.5 Å². The van der Waals surface area contributed by atoms with Gasteiger partial charge in [-0.15, -0.1) is 11.3 Å². The molecule has 0 aliphatic carbocycles. The minimum absolute atomic E-state index is 0.00438. The van der Waals surface area contributed by atoms with E-state index in [1.54, 1.807) is 14.2 Å². The fourth-order valence-electron chi connectivity index (χ4n) is 4.07. The SMILES string of the molecule is COc1ccc(C2CCCCCN2C(=O)c2sc3ncn(C)c(=O)c3c2C)cc1. The maximum atomic E-state index is 13.6. The Balaban J connectivity index is 1.75. The quantitative estimate of drug-likeness (QED) is 0.652. The predicted molar refractivity (Wildman–Crippen MR) is 115 cm³/mol. The van der Waals surface area contributed by atoms with Crippen molar-refractivity contribution in [2.75, 3.05) is 13.7 Å². The van der Waals surface area contributed by atoms with Crippen LogP contribution in [0.5, 0.6) is 5.75 Å². The van der Waals surface area contributed by atoms with Crippen LogP contribution < -0.4 is 10.3 Å². The van der Waals surface area contributed by atoms with Gasteiger partial charge in [0, 0.05) is 13.6 Å². The van der Waals surface area contributed by atoms with E-state index in [4.69, 9.17) is 4.74 Å². The van der Waals surface area contributed by atoms with Crippen LogP contribution in [-0.4, -0.2) is 34.0 Å². The molecule has 1 amide bonds. The number of hydrogen-bond acceptors (Lipinski definition) is 5. The average molecular weight is 412 g/mol. The molecule has 1 atom stereocenters. The number of benzene rings is 1. The predicted octanol–water partition coefficient (Wildman–Crippen LogP) is 4.07. The maximum Gasteiger partial charge on any atom is 0.264 e. The Bertz CT molecular complexity index is 1100. The number of fused-ring (bicyclic) bond motifs is 1. The number of aromatic nitrogens is 2. The van der Waals surface area contributed by atoms with Gasteiger partial charge in [0.25, 0.3) is 11.5 Å². The molecule has 1 aromatic carbocycles. The van der Waals surface area contributed by atoms with Crippen molar-refractivity contribution >= 4 is 27.5 Å². The Morgan fingerprint density at radius 3 is 2.69 bits per heavy atom. The number of thiophene rings is 1. The molecular weight excluding hydrogens is 386 g/mol. The van der Waals surface area contributed by atoms with Gasteiger partial charge in [0.05, 0.1) is 29.7 Å². The lowest BCUT2D eigenvalue weighted by Crippen LogP contribution is -2.34. The fourth-order valence-corrected chi connectivity index (χ4v) is 5.16. The van der Waals surface area contributed by atoms with Gasteiger partial charge in [0.15, 0.2) is 0 Å². The second-order valence-electron chi connectivity index (χ2n) is 7.53. The zero-order chi connectivity index (χ0) is 20.5. The number of likely N-dealkylation sites (tertiary alicyclic amines) is 1. The summed E-state index contributed by atoms with van der Waals surface area (Å²) in [5, 5.41) is 0.555. The van der Waals surface area contributed by atoms with Crippen molar-refractivity contribution in [3.05, 3.63) is 57.0 Å². The zero-order valence-electron chi connectivity index (χ0n) is 17.0. The van der Waals surface area contributed by atoms with E-state index < -0.39 is 0 Å². The molecule has 7 heteroatoms. The molecule has 1 aliphatic rings. The minimum Gasteiger partial charge on any atom is -0.497 e. The van der Waals surface area contributed by atoms with Crippen molar-refractivity contribution in [1.29, 1.82) is 0 Å². The van der Waals surface area contributed by atoms with Gasteiger partial charge >= 0.3 is 0 Å². The molecular formula is C22H25N3O3S. The highest BCUT2D eigenvalue weighted by atomic mass is 32.1. The summed E-state index contributed by atoms with van der Waals surface area (Å²) in [6.07, 6.45) is 5.64. The van der Waals surface area contributed by atoms with E-state index in [1.807, 2.05) is 36.1 Å². The Morgan fingerprint density at radius 1 is 1.21 bits per heavy atom. The molecule has 1 aliphatic heterocycles. The first-order chi connectivity index (χ1) is 14.0. The molecule has 0 spiro atoms. The molecule has 1 fully saturated rings. The Morgan fingerprint density at radius 2 is 1.97 bits per heavy atom. The van der Waals surface area contributed by atoms with Crippen LogP contribution in [0.2, 0.25) is 0 Å². The third-order valence-electron chi connectivity index (χ3n) is 5.72. The standard InChI is InChI=1S/C22H25N3O3S/c1-14-18-20(23-13-24(2)21(18)26)29-19(14)22(27)25-12-6-4-5-7-17(25)15-8-10-16(28-3)11-9-15/h8-11,13,17H,4-7,12H2,1-3H3. The van der Waals surface area contributed by atoms with Gasteiger partial charge in [-0.05, 0) is 43.0 Å². The van der Waals surface area contributed by atoms with E-state index in [-0.39, 0.29) is 17.5 Å². The first kappa shape index (κ1) is 19.6. The van der Waals surface area contributed by atoms with E-state index in [2.05, 4.69) is 4.98 Å². The van der Waals surface area contributed by atoms with Crippen LogP contribution in [-0.2, 0) is 7.05 Å². The van der Waals surface area contributed by atoms with Crippen molar-refractivity contribution in [2.24, 2.45) is 7.05 Å². The van der Waals surface area contributed by atoms with Gasteiger partial charge in [0.1, 0.15) is 10.6 Å². The third kappa shape index (κ3) is 3.55. The molecule has 0 radical (unpaired) electrons. The monoisotopic (exact) mass is 411 g/mol. The molecule has 0 N–H and O–H groups in total. The molecule has 1 unspecified atom stereocenters. The maximum absolute atomic E-state index is 13.6. The van der Waals surface area contributed by atoms with E-state index in [0.717, 1.165) is 42.6 Å². The van der Waals surface area contributed by atoms with Crippen molar-refractivity contribution in [3.63, 3.8) is 0 Å². The number of rotatable bonds is 3. The first-order valence-electron chi connectivity index (χ1n) is 9.91. The summed E-state index contributed by atoms with van der Waals surface area (Å²) >= 11 is 1.32. The van der Waals surface area contributed by atoms with Gasteiger partial charge < -0.3 is 14.2 Å². The summed E-state index contributed by atoms with van der Waals surface area (Å²) in [6, 6.07) is 8.01. The van der Waals surface area contributed by atoms with Crippen molar-refractivity contribution in [3.8, 4) is 5.75 Å². The number of aryl methyl sites for hydroxylation is 2. The van der Waals surface area contributed by atoms with E-state index in [0.29, 0.717) is 21.6 Å². The molecule has 0 saturated carbocycles. The van der Waals surface area contributed by atoms with E-state index in [1.165, 1.54) is 22.2 Å². The van der Waals surface area contributed by atoms with Gasteiger partial charge in [-0.25, -0.2) is 4.98 Å². The topological polar surface area (TPSA) is 64.4 Å². The van der Waals surface area contributed by atoms with Crippen LogP contribution in [0.4, 0.5) is 0 Å². The number of carbonyl (C=O) groups excluding carboxylic acids is 1. The average Bonchev–Trinajstić information content (AvgIpc) is 2.91. The summed E-state index contributed by atoms with van der Waals surface area (Å²) < 4.78 is 6.74. The highest BCUT2D eigenvalue weighted by Crippen LogP contribution is 2.35. The van der Waals surface area contributed by atoms with Crippen molar-refractivity contribution in [1.82, 2.24) is 14.5 Å². The van der Waals surface area contributed by atoms with Crippen LogP contribution in [0.3, 0.4) is 0 Å². The van der Waals surface area contributed by atoms with E-state index in [9.17, 15) is 9.59 Å². The molecule has 3 heterocycles. The summed E-state index contributed by atoms with van der Waals surface area (Å²) in [6.45, 7) is 2.57. The van der Waals surface area contributed by atoms with E-state index >= 15 is 0 Å². The Labute approximate surface area is 173 Å². The summed E-state index contributed by atoms with van der Waals surface area (Å²) in [7, 11) is 3.33. The lowest BCUT2D eigenvalue weighted by atomic mass is 10.00. The lowest BCUT2D eigenvalue weighted by molar-refractivity contribution is 0.0685. The summed E-state index contributed by atoms with van der Waals surface area (Å²) in [5.41, 5.74) is 1.75. The molecule has 6 nitrogen and oxygen atoms in total. The van der Waals surface area contributed by atoms with Crippen molar-refractivity contribution in [2.45, 2.75) is 38.6 Å². The van der Waals surface area contributed by atoms with Crippen LogP contribution >= 0.6 is 11.3 Å². The molecule has 152 valence electrons. The molecule has 0 bridgehead atoms. The molecule has 1 saturated heterocycles. The Kier molecular flexibility index (Phi) is 5.41. The molecule has 4 rings (SSSR count). The largest absolute Gasteiger partial charge is 0.497 e. The second kappa shape index (κ2) is 7.99. The molecule has 2 aromatic heterocycles. The lowest BCUT2D eigenvalue weighted by Gasteiger charge is -2.30. The number of ether oxygens (including phenoxy) is 1. The highest BCUT2D eigenvalue weighted by Gasteiger charge is 2.30. The van der Waals surface area contributed by atoms with Gasteiger partial charge in [-0.1, -0.05) is 25.0 Å². The number of methoxy groups -OCH3 is 1. The highest BCUT2D eigenvalue weighted by molar-refractivity contribution is 7.20. The zero-order valence-corrected chi connectivity index (χ0v) is 17.8. The fraction of sp³-hybridized carbons (Fsp3) is 0.409. The van der Waals surface area contributed by atoms with Crippen LogP contribution in [0.25, 0.3) is 10.2 Å². The number of amides is 1. The van der Waals surface area contributed by atoms with Gasteiger partial charge in [0.2, 0.25) is 0 Å². The van der Waals surface area contributed by atoms with Gasteiger partial charge in [-0.2, -0.15) is 0 Å². The smallest absolute Gasteiger partial charge is 0.264 e. The van der Waals surface area contributed by atoms with Crippen LogP contribution in [0, 0.1) is 6.92 Å². The third-order valence-corrected chi connectivity index (χ3v) is 6.91. The summed E-state index contributed by atoms with van der Waals surface area (Å²) in [4.78, 5) is 33.8. The number of hydrogen-bond donors (Lipinski definition) is 0. The second-order valence-corrected chi connectivity index (χ2v) is 8.53. The molecule has 29 heavy (non-hydrogen) atoms. The van der Waals surface area contributed by atoms with Crippen LogP contribution in [0.15, 0.2) is 35.4 Å². The Hall–Kier alpha value is -2.67. The van der Waals surface area contributed by atoms with Crippen molar-refractivity contribution < 1.29 is 9.53 Å². The number of nitrogens with zero attached hydrogens (tertiary/aromatic N) is 3. The minimum atomic E-state index is -0.106. The first-order valence-corrected chi connectivity index (χ1v) is 10.7. The number of carbonyl (C=O) groups is 1.